The summed E-state index contributed by atoms with van der Waals surface area (Å²) in [5, 5.41) is 22.4. The predicted molar refractivity (Wildman–Crippen MR) is 167 cm³/mol. The number of allylic oxidation sites excluding steroid dienone is 4. The highest BCUT2D eigenvalue weighted by molar-refractivity contribution is 7.99. The normalized spacial score (nSPS) is 34.5. The number of esters is 2. The third kappa shape index (κ3) is 4.83. The van der Waals surface area contributed by atoms with Crippen molar-refractivity contribution in [2.24, 2.45) is 22.7 Å². The topological polar surface area (TPSA) is 127 Å². The van der Waals surface area contributed by atoms with Crippen molar-refractivity contribution in [3.8, 4) is 5.75 Å². The molecule has 46 heavy (non-hydrogen) atoms. The second-order valence-electron chi connectivity index (χ2n) is 13.1. The quantitative estimate of drug-likeness (QED) is 0.253. The maximum atomic E-state index is 17.4. The number of aliphatic hydroxyl groups excluding tert-OH is 1. The first-order valence-corrected chi connectivity index (χ1v) is 16.4. The summed E-state index contributed by atoms with van der Waals surface area (Å²) in [4.78, 5) is 51.4. The maximum absolute atomic E-state index is 17.4. The number of aliphatic hydroxyl groups is 1. The van der Waals surface area contributed by atoms with Gasteiger partial charge < -0.3 is 19.7 Å². The molecule has 2 aromatic rings. The lowest BCUT2D eigenvalue weighted by Gasteiger charge is -2.62. The molecule has 11 heteroatoms. The molecule has 4 aliphatic carbocycles. The number of alkyl halides is 1. The van der Waals surface area contributed by atoms with Gasteiger partial charge in [-0.3, -0.25) is 9.59 Å². The zero-order valence-electron chi connectivity index (χ0n) is 25.5. The number of rotatable bonds is 6. The molecular weight excluding hydrogens is 635 g/mol. The van der Waals surface area contributed by atoms with Crippen LogP contribution in [0.25, 0.3) is 0 Å². The molecule has 3 saturated carbocycles. The van der Waals surface area contributed by atoms with Gasteiger partial charge in [0.2, 0.25) is 5.60 Å². The largest absolute Gasteiger partial charge is 0.478 e. The molecule has 8 nitrogen and oxygen atoms in total. The molecule has 242 valence electrons. The summed E-state index contributed by atoms with van der Waals surface area (Å²) in [5.41, 5.74) is -5.75. The molecule has 0 aliphatic heterocycles. The van der Waals surface area contributed by atoms with Crippen LogP contribution in [0.3, 0.4) is 0 Å². The predicted octanol–water partition coefficient (Wildman–Crippen LogP) is 6.77. The van der Waals surface area contributed by atoms with Crippen molar-refractivity contribution >= 4 is 47.1 Å². The van der Waals surface area contributed by atoms with Crippen LogP contribution in [0.1, 0.15) is 63.2 Å². The van der Waals surface area contributed by atoms with Gasteiger partial charge in [-0.2, -0.15) is 0 Å². The molecule has 3 fully saturated rings. The molecule has 0 amide bonds. The summed E-state index contributed by atoms with van der Waals surface area (Å²) >= 11 is 7.59. The smallest absolute Gasteiger partial charge is 0.348 e. The van der Waals surface area contributed by atoms with Gasteiger partial charge in [0.25, 0.3) is 0 Å². The van der Waals surface area contributed by atoms with Gasteiger partial charge >= 0.3 is 17.9 Å². The highest BCUT2D eigenvalue weighted by Crippen LogP contribution is 2.70. The van der Waals surface area contributed by atoms with Crippen LogP contribution in [-0.2, 0) is 19.1 Å². The van der Waals surface area contributed by atoms with E-state index in [1.807, 2.05) is 0 Å². The first kappa shape index (κ1) is 32.5. The van der Waals surface area contributed by atoms with Gasteiger partial charge in [0.05, 0.1) is 16.7 Å². The minimum absolute atomic E-state index is 0.0136. The van der Waals surface area contributed by atoms with E-state index in [1.165, 1.54) is 30.8 Å². The number of halogens is 2. The summed E-state index contributed by atoms with van der Waals surface area (Å²) in [6.45, 7) is 4.68. The second-order valence-corrected chi connectivity index (χ2v) is 14.7. The molecule has 0 radical (unpaired) electrons. The van der Waals surface area contributed by atoms with Gasteiger partial charge in [0, 0.05) is 33.5 Å². The average Bonchev–Trinajstić information content (AvgIpc) is 3.28. The Balaban J connectivity index is 1.23. The van der Waals surface area contributed by atoms with E-state index in [1.54, 1.807) is 62.4 Å². The van der Waals surface area contributed by atoms with Crippen molar-refractivity contribution in [1.82, 2.24) is 0 Å². The van der Waals surface area contributed by atoms with Crippen molar-refractivity contribution in [2.75, 3.05) is 0 Å². The number of carbonyl (C=O) groups is 4. The Bertz CT molecular complexity index is 1710. The minimum Gasteiger partial charge on any atom is -0.478 e. The molecule has 2 aromatic carbocycles. The zero-order chi connectivity index (χ0) is 33.2. The Morgan fingerprint density at radius 1 is 1.04 bits per heavy atom. The summed E-state index contributed by atoms with van der Waals surface area (Å²) < 4.78 is 28.4. The van der Waals surface area contributed by atoms with Crippen molar-refractivity contribution in [3.63, 3.8) is 0 Å². The molecule has 0 unspecified atom stereocenters. The van der Waals surface area contributed by atoms with E-state index < -0.39 is 57.9 Å². The third-order valence-corrected chi connectivity index (χ3v) is 12.1. The van der Waals surface area contributed by atoms with Crippen molar-refractivity contribution in [1.29, 1.82) is 0 Å². The van der Waals surface area contributed by atoms with E-state index >= 15 is 4.39 Å². The Hall–Kier alpha value is -3.47. The molecule has 0 bridgehead atoms. The van der Waals surface area contributed by atoms with Gasteiger partial charge in [-0.15, -0.1) is 0 Å². The van der Waals surface area contributed by atoms with E-state index in [4.69, 9.17) is 21.1 Å². The van der Waals surface area contributed by atoms with Crippen LogP contribution >= 0.6 is 23.4 Å². The lowest BCUT2D eigenvalue weighted by molar-refractivity contribution is -0.222. The number of carboxylic acids is 1. The lowest BCUT2D eigenvalue weighted by atomic mass is 9.45. The Labute approximate surface area is 275 Å². The second kappa shape index (κ2) is 11.3. The van der Waals surface area contributed by atoms with Crippen LogP contribution in [0.15, 0.2) is 76.1 Å². The highest BCUT2D eigenvalue weighted by Gasteiger charge is 2.76. The number of fused-ring (bicyclic) bond motifs is 5. The number of hydrogen-bond donors (Lipinski definition) is 2. The zero-order valence-corrected chi connectivity index (χ0v) is 27.1. The SMILES string of the molecule is CC(=O)Oc1ccc(Sc2ccc(C(=O)O[C@]3(C(=O)O)CC[C@H]4[C@@H]5CCC6=CC(=O)C=C[C@]6(C)[C@@]5(F)[C@@H](O)C[C@@]43C)cc2)cc1Cl. The summed E-state index contributed by atoms with van der Waals surface area (Å²) in [7, 11) is 0. The number of benzene rings is 2. The fourth-order valence-electron chi connectivity index (χ4n) is 8.56. The van der Waals surface area contributed by atoms with Crippen LogP contribution in [-0.4, -0.2) is 51.3 Å². The van der Waals surface area contributed by atoms with E-state index in [2.05, 4.69) is 0 Å². The van der Waals surface area contributed by atoms with Gasteiger partial charge in [-0.25, -0.2) is 14.0 Å². The van der Waals surface area contributed by atoms with Crippen LogP contribution in [0.5, 0.6) is 5.75 Å². The van der Waals surface area contributed by atoms with Crippen molar-refractivity contribution < 1.29 is 43.3 Å². The van der Waals surface area contributed by atoms with Crippen LogP contribution in [0.2, 0.25) is 5.02 Å². The molecule has 2 N–H and O–H groups in total. The van der Waals surface area contributed by atoms with Gasteiger partial charge in [-0.1, -0.05) is 41.9 Å². The Morgan fingerprint density at radius 3 is 2.39 bits per heavy atom. The van der Waals surface area contributed by atoms with Gasteiger partial charge in [0.15, 0.2) is 11.5 Å². The Kier molecular flexibility index (Phi) is 8.01. The first-order valence-electron chi connectivity index (χ1n) is 15.2. The molecular formula is C35H34ClFO8S. The number of aliphatic carboxylic acids is 1. The molecule has 0 heterocycles. The minimum atomic E-state index is -2.12. The molecule has 4 aliphatic rings. The van der Waals surface area contributed by atoms with Gasteiger partial charge in [-0.05, 0) is 99.6 Å². The van der Waals surface area contributed by atoms with E-state index in [0.29, 0.717) is 24.8 Å². The van der Waals surface area contributed by atoms with Crippen LogP contribution in [0, 0.1) is 22.7 Å². The number of ether oxygens (including phenoxy) is 2. The summed E-state index contributed by atoms with van der Waals surface area (Å²) in [6, 6.07) is 11.4. The molecule has 6 rings (SSSR count). The highest BCUT2D eigenvalue weighted by atomic mass is 35.5. The monoisotopic (exact) mass is 668 g/mol. The van der Waals surface area contributed by atoms with E-state index in [-0.39, 0.29) is 35.0 Å². The number of carboxylic acid groups (broad SMARTS) is 1. The van der Waals surface area contributed by atoms with E-state index in [9.17, 15) is 29.4 Å². The molecule has 0 aromatic heterocycles. The van der Waals surface area contributed by atoms with E-state index in [0.717, 1.165) is 9.79 Å². The maximum Gasteiger partial charge on any atom is 0.348 e. The number of hydrogen-bond acceptors (Lipinski definition) is 8. The van der Waals surface area contributed by atoms with Crippen molar-refractivity contribution in [3.05, 3.63) is 76.9 Å². The van der Waals surface area contributed by atoms with Crippen molar-refractivity contribution in [2.45, 2.75) is 80.0 Å². The molecule has 0 spiro atoms. The first-order chi connectivity index (χ1) is 21.6. The van der Waals surface area contributed by atoms with Gasteiger partial charge in [0.1, 0.15) is 5.75 Å². The standard InChI is InChI=1S/C35H34ClFO8S/c1-19(38)44-28-11-9-24(17-27(28)36)46-23-7-4-20(5-8-23)30(41)45-34(31(42)43)15-13-25-26-10-6-21-16-22(39)12-14-32(21,2)35(26,37)29(40)18-33(25,34)3/h4-5,7-9,11-12,14,16-17,25-26,29,40H,6,10,13,15,18H2,1-3H3,(H,42,43)/t25-,26-,29-,32-,33-,34-,35-/m0/s1. The fraction of sp³-hybridized carbons (Fsp3) is 0.429. The average molecular weight is 669 g/mol. The number of ketones is 1. The summed E-state index contributed by atoms with van der Waals surface area (Å²) in [6.07, 6.45) is 3.67. The Morgan fingerprint density at radius 2 is 1.74 bits per heavy atom. The molecule has 7 atom stereocenters. The van der Waals surface area contributed by atoms with Crippen LogP contribution < -0.4 is 4.74 Å². The fourth-order valence-corrected chi connectivity index (χ4v) is 9.70. The third-order valence-electron chi connectivity index (χ3n) is 10.9. The number of carbonyl (C=O) groups excluding carboxylic acids is 3. The molecule has 0 saturated heterocycles. The lowest BCUT2D eigenvalue weighted by Crippen LogP contribution is -2.69. The summed E-state index contributed by atoms with van der Waals surface area (Å²) in [5.74, 6) is -3.78. The van der Waals surface area contributed by atoms with Crippen LogP contribution in [0.4, 0.5) is 4.39 Å².